The summed E-state index contributed by atoms with van der Waals surface area (Å²) >= 11 is 1.41. The van der Waals surface area contributed by atoms with Gasteiger partial charge in [0.15, 0.2) is 5.78 Å². The van der Waals surface area contributed by atoms with Gasteiger partial charge in [-0.3, -0.25) is 9.59 Å². The first-order valence-corrected chi connectivity index (χ1v) is 7.35. The zero-order chi connectivity index (χ0) is 14.4. The minimum absolute atomic E-state index is 0.000442. The average Bonchev–Trinajstić information content (AvgIpc) is 2.35. The van der Waals surface area contributed by atoms with E-state index in [9.17, 15) is 9.59 Å². The molecule has 3 nitrogen and oxygen atoms in total. The Labute approximate surface area is 118 Å². The molecular formula is C15H20O3S. The van der Waals surface area contributed by atoms with Gasteiger partial charge in [0.25, 0.3) is 0 Å². The lowest BCUT2D eigenvalue weighted by molar-refractivity contribution is -0.144. The van der Waals surface area contributed by atoms with E-state index >= 15 is 0 Å². The number of ketones is 1. The van der Waals surface area contributed by atoms with Crippen molar-refractivity contribution in [2.45, 2.75) is 38.7 Å². The lowest BCUT2D eigenvalue weighted by atomic mass is 10.0. The maximum atomic E-state index is 11.8. The van der Waals surface area contributed by atoms with Gasteiger partial charge in [0, 0.05) is 16.4 Å². The van der Waals surface area contributed by atoms with Crippen LogP contribution < -0.4 is 0 Å². The summed E-state index contributed by atoms with van der Waals surface area (Å²) < 4.78 is 5.05. The number of hydrogen-bond donors (Lipinski definition) is 0. The molecule has 0 radical (unpaired) electrons. The maximum Gasteiger partial charge on any atom is 0.316 e. The molecule has 0 saturated heterocycles. The molecule has 0 spiro atoms. The molecule has 0 aliphatic rings. The lowest BCUT2D eigenvalue weighted by Crippen LogP contribution is -2.13. The third-order valence-electron chi connectivity index (χ3n) is 2.39. The van der Waals surface area contributed by atoms with Crippen LogP contribution in [0, 0.1) is 5.92 Å². The third-order valence-corrected chi connectivity index (χ3v) is 3.37. The van der Waals surface area contributed by atoms with E-state index in [0.29, 0.717) is 5.56 Å². The van der Waals surface area contributed by atoms with Crippen LogP contribution in [0.4, 0.5) is 0 Å². The van der Waals surface area contributed by atoms with Crippen molar-refractivity contribution in [2.24, 2.45) is 5.92 Å². The van der Waals surface area contributed by atoms with E-state index in [1.165, 1.54) is 11.8 Å². The molecule has 1 aromatic rings. The molecule has 0 amide bonds. The third kappa shape index (κ3) is 5.47. The van der Waals surface area contributed by atoms with Gasteiger partial charge in [-0.1, -0.05) is 26.0 Å². The number of ether oxygens (including phenoxy) is 1. The van der Waals surface area contributed by atoms with Crippen LogP contribution in [0.2, 0.25) is 0 Å². The van der Waals surface area contributed by atoms with Gasteiger partial charge in [0.2, 0.25) is 0 Å². The largest absolute Gasteiger partial charge is 0.462 e. The van der Waals surface area contributed by atoms with E-state index in [1.807, 2.05) is 39.8 Å². The van der Waals surface area contributed by atoms with Crippen LogP contribution in [0.25, 0.3) is 0 Å². The van der Waals surface area contributed by atoms with E-state index in [-0.39, 0.29) is 29.5 Å². The SMILES string of the molecule is CC(C)OC(=O)CSc1ccc(C(=O)C(C)C)cc1. The van der Waals surface area contributed by atoms with Gasteiger partial charge in [0.05, 0.1) is 11.9 Å². The second-order valence-corrected chi connectivity index (χ2v) is 5.92. The molecule has 1 aromatic carbocycles. The van der Waals surface area contributed by atoms with Crippen molar-refractivity contribution in [3.05, 3.63) is 29.8 Å². The predicted molar refractivity (Wildman–Crippen MR) is 77.6 cm³/mol. The fraction of sp³-hybridized carbons (Fsp3) is 0.467. The van der Waals surface area contributed by atoms with Crippen LogP contribution in [-0.4, -0.2) is 23.6 Å². The number of thioether (sulfide) groups is 1. The normalized spacial score (nSPS) is 10.8. The van der Waals surface area contributed by atoms with Crippen molar-refractivity contribution >= 4 is 23.5 Å². The highest BCUT2D eigenvalue weighted by molar-refractivity contribution is 8.00. The molecule has 0 aliphatic carbocycles. The van der Waals surface area contributed by atoms with Gasteiger partial charge in [-0.2, -0.15) is 0 Å². The van der Waals surface area contributed by atoms with Crippen molar-refractivity contribution < 1.29 is 14.3 Å². The monoisotopic (exact) mass is 280 g/mol. The molecule has 0 unspecified atom stereocenters. The number of esters is 1. The second kappa shape index (κ2) is 7.34. The van der Waals surface area contributed by atoms with E-state index in [0.717, 1.165) is 4.90 Å². The molecule has 0 N–H and O–H groups in total. The van der Waals surface area contributed by atoms with Gasteiger partial charge < -0.3 is 4.74 Å². The first-order valence-electron chi connectivity index (χ1n) is 6.36. The summed E-state index contributed by atoms with van der Waals surface area (Å²) in [5, 5.41) is 0. The molecular weight excluding hydrogens is 260 g/mol. The van der Waals surface area contributed by atoms with Crippen molar-refractivity contribution in [3.8, 4) is 0 Å². The number of Topliss-reactive ketones (excluding diaryl/α,β-unsaturated/α-hetero) is 1. The molecule has 0 atom stereocenters. The molecule has 1 rings (SSSR count). The first kappa shape index (κ1) is 15.8. The Hall–Kier alpha value is -1.29. The van der Waals surface area contributed by atoms with Crippen molar-refractivity contribution in [1.29, 1.82) is 0 Å². The van der Waals surface area contributed by atoms with Gasteiger partial charge in [-0.25, -0.2) is 0 Å². The Bertz CT molecular complexity index is 435. The summed E-state index contributed by atoms with van der Waals surface area (Å²) in [6.45, 7) is 7.42. The summed E-state index contributed by atoms with van der Waals surface area (Å²) in [5.74, 6) is 0.202. The molecule has 0 fully saturated rings. The number of benzene rings is 1. The molecule has 0 saturated carbocycles. The first-order chi connectivity index (χ1) is 8.90. The number of carbonyl (C=O) groups excluding carboxylic acids is 2. The number of carbonyl (C=O) groups is 2. The van der Waals surface area contributed by atoms with Crippen LogP contribution >= 0.6 is 11.8 Å². The smallest absolute Gasteiger partial charge is 0.316 e. The Morgan fingerprint density at radius 1 is 1.11 bits per heavy atom. The Balaban J connectivity index is 2.53. The molecule has 0 aliphatic heterocycles. The number of rotatable bonds is 6. The second-order valence-electron chi connectivity index (χ2n) is 4.87. The van der Waals surface area contributed by atoms with E-state index in [1.54, 1.807) is 12.1 Å². The van der Waals surface area contributed by atoms with Gasteiger partial charge in [-0.05, 0) is 26.0 Å². The summed E-state index contributed by atoms with van der Waals surface area (Å²) in [6.07, 6.45) is -0.0841. The van der Waals surface area contributed by atoms with E-state index < -0.39 is 0 Å². The summed E-state index contributed by atoms with van der Waals surface area (Å²) in [6, 6.07) is 7.34. The quantitative estimate of drug-likeness (QED) is 0.454. The van der Waals surface area contributed by atoms with E-state index in [4.69, 9.17) is 4.74 Å². The Morgan fingerprint density at radius 2 is 1.68 bits per heavy atom. The van der Waals surface area contributed by atoms with Crippen LogP contribution in [0.1, 0.15) is 38.1 Å². The molecule has 0 heterocycles. The highest BCUT2D eigenvalue weighted by Crippen LogP contribution is 2.20. The predicted octanol–water partition coefficient (Wildman–Crippen LogP) is 3.57. The molecule has 0 aromatic heterocycles. The summed E-state index contributed by atoms with van der Waals surface area (Å²) in [7, 11) is 0. The fourth-order valence-corrected chi connectivity index (χ4v) is 2.17. The zero-order valence-corrected chi connectivity index (χ0v) is 12.6. The fourth-order valence-electron chi connectivity index (χ4n) is 1.49. The Morgan fingerprint density at radius 3 is 2.16 bits per heavy atom. The van der Waals surface area contributed by atoms with Crippen molar-refractivity contribution in [3.63, 3.8) is 0 Å². The molecule has 4 heteroatoms. The molecule has 0 bridgehead atoms. The highest BCUT2D eigenvalue weighted by Gasteiger charge is 2.10. The Kier molecular flexibility index (Phi) is 6.09. The van der Waals surface area contributed by atoms with Gasteiger partial charge >= 0.3 is 5.97 Å². The van der Waals surface area contributed by atoms with Gasteiger partial charge in [-0.15, -0.1) is 11.8 Å². The van der Waals surface area contributed by atoms with Crippen molar-refractivity contribution in [2.75, 3.05) is 5.75 Å². The van der Waals surface area contributed by atoms with E-state index in [2.05, 4.69) is 0 Å². The minimum atomic E-state index is -0.220. The van der Waals surface area contributed by atoms with Crippen LogP contribution in [0.15, 0.2) is 29.2 Å². The van der Waals surface area contributed by atoms with Crippen molar-refractivity contribution in [1.82, 2.24) is 0 Å². The maximum absolute atomic E-state index is 11.8. The minimum Gasteiger partial charge on any atom is -0.462 e. The van der Waals surface area contributed by atoms with Crippen LogP contribution in [-0.2, 0) is 9.53 Å². The van der Waals surface area contributed by atoms with Gasteiger partial charge in [0.1, 0.15) is 0 Å². The average molecular weight is 280 g/mol. The lowest BCUT2D eigenvalue weighted by Gasteiger charge is -2.08. The number of hydrogen-bond acceptors (Lipinski definition) is 4. The standard InChI is InChI=1S/C15H20O3S/c1-10(2)15(17)12-5-7-13(8-6-12)19-9-14(16)18-11(3)4/h5-8,10-11H,9H2,1-4H3. The summed E-state index contributed by atoms with van der Waals surface area (Å²) in [4.78, 5) is 24.1. The molecule has 104 valence electrons. The molecule has 19 heavy (non-hydrogen) atoms. The summed E-state index contributed by atoms with van der Waals surface area (Å²) in [5.41, 5.74) is 0.712. The van der Waals surface area contributed by atoms with Crippen LogP contribution in [0.3, 0.4) is 0 Å². The highest BCUT2D eigenvalue weighted by atomic mass is 32.2. The zero-order valence-electron chi connectivity index (χ0n) is 11.8. The van der Waals surface area contributed by atoms with Crippen LogP contribution in [0.5, 0.6) is 0 Å². The topological polar surface area (TPSA) is 43.4 Å².